The summed E-state index contributed by atoms with van der Waals surface area (Å²) in [5, 5.41) is 13.6. The Bertz CT molecular complexity index is 1110. The summed E-state index contributed by atoms with van der Waals surface area (Å²) in [6, 6.07) is 3.23. The smallest absolute Gasteiger partial charge is 0.290 e. The first-order valence-corrected chi connectivity index (χ1v) is 9.25. The summed E-state index contributed by atoms with van der Waals surface area (Å²) in [5.41, 5.74) is 1.32. The third kappa shape index (κ3) is 3.42. The molecule has 0 aromatic carbocycles. The van der Waals surface area contributed by atoms with Gasteiger partial charge in [-0.1, -0.05) is 0 Å². The van der Waals surface area contributed by atoms with Crippen LogP contribution in [-0.4, -0.2) is 66.6 Å². The van der Waals surface area contributed by atoms with Crippen molar-refractivity contribution in [3.05, 3.63) is 41.6 Å². The molecular weight excluding hydrogens is 376 g/mol. The average molecular weight is 396 g/mol. The van der Waals surface area contributed by atoms with Gasteiger partial charge in [0.05, 0.1) is 11.8 Å². The first-order valence-electron chi connectivity index (χ1n) is 9.25. The molecule has 3 amide bonds. The molecule has 3 aromatic heterocycles. The molecule has 4 heterocycles. The lowest BCUT2D eigenvalue weighted by molar-refractivity contribution is 0.0648. The van der Waals surface area contributed by atoms with Crippen LogP contribution < -0.4 is 10.6 Å². The van der Waals surface area contributed by atoms with E-state index in [1.165, 1.54) is 15.4 Å². The minimum Gasteiger partial charge on any atom is -0.350 e. The van der Waals surface area contributed by atoms with Gasteiger partial charge in [-0.3, -0.25) is 19.1 Å². The van der Waals surface area contributed by atoms with Crippen LogP contribution in [-0.2, 0) is 7.05 Å². The fourth-order valence-electron chi connectivity index (χ4n) is 3.04. The molecule has 0 aliphatic carbocycles. The Hall–Kier alpha value is -3.76. The lowest BCUT2D eigenvalue weighted by Crippen LogP contribution is -2.42. The number of aromatic nitrogens is 5. The zero-order chi connectivity index (χ0) is 20.5. The SMILES string of the molecule is CCNC(=O)c1nc2cc(NC(=O)c3c(C(=O)N4CCC4)cnn3C)ccn2n1. The van der Waals surface area contributed by atoms with E-state index >= 15 is 0 Å². The number of amides is 3. The summed E-state index contributed by atoms with van der Waals surface area (Å²) in [7, 11) is 1.61. The Balaban J connectivity index is 1.57. The number of fused-ring (bicyclic) bond motifs is 1. The molecule has 11 heteroatoms. The minimum absolute atomic E-state index is 0.0457. The van der Waals surface area contributed by atoms with Crippen LogP contribution in [0, 0.1) is 0 Å². The van der Waals surface area contributed by atoms with E-state index in [1.54, 1.807) is 37.2 Å². The number of rotatable bonds is 5. The predicted octanol–water partition coefficient (Wildman–Crippen LogP) is 0.311. The van der Waals surface area contributed by atoms with Gasteiger partial charge in [0.2, 0.25) is 5.82 Å². The highest BCUT2D eigenvalue weighted by Crippen LogP contribution is 2.18. The third-order valence-corrected chi connectivity index (χ3v) is 4.66. The van der Waals surface area contributed by atoms with Crippen LogP contribution in [0.15, 0.2) is 24.5 Å². The number of hydrogen-bond donors (Lipinski definition) is 2. The second-order valence-electron chi connectivity index (χ2n) is 6.64. The van der Waals surface area contributed by atoms with Crippen molar-refractivity contribution < 1.29 is 14.4 Å². The van der Waals surface area contributed by atoms with Gasteiger partial charge in [-0.2, -0.15) is 5.10 Å². The Morgan fingerprint density at radius 3 is 2.69 bits per heavy atom. The maximum Gasteiger partial charge on any atom is 0.290 e. The first-order chi connectivity index (χ1) is 14.0. The van der Waals surface area contributed by atoms with Crippen molar-refractivity contribution in [3.63, 3.8) is 0 Å². The number of aryl methyl sites for hydroxylation is 1. The highest BCUT2D eigenvalue weighted by atomic mass is 16.2. The van der Waals surface area contributed by atoms with E-state index in [2.05, 4.69) is 25.8 Å². The molecule has 3 aromatic rings. The molecule has 150 valence electrons. The fourth-order valence-corrected chi connectivity index (χ4v) is 3.04. The van der Waals surface area contributed by atoms with Crippen LogP contribution in [0.25, 0.3) is 5.65 Å². The second-order valence-corrected chi connectivity index (χ2v) is 6.64. The van der Waals surface area contributed by atoms with Crippen LogP contribution >= 0.6 is 0 Å². The number of carbonyl (C=O) groups is 3. The molecule has 0 radical (unpaired) electrons. The van der Waals surface area contributed by atoms with Gasteiger partial charge in [-0.15, -0.1) is 5.10 Å². The van der Waals surface area contributed by atoms with Crippen molar-refractivity contribution in [2.75, 3.05) is 25.0 Å². The fraction of sp³-hybridized carbons (Fsp3) is 0.333. The minimum atomic E-state index is -0.457. The highest BCUT2D eigenvalue weighted by molar-refractivity contribution is 6.11. The molecule has 0 bridgehead atoms. The molecule has 0 spiro atoms. The van der Waals surface area contributed by atoms with Crippen LogP contribution in [0.1, 0.15) is 44.8 Å². The van der Waals surface area contributed by atoms with Gasteiger partial charge in [0.1, 0.15) is 5.69 Å². The van der Waals surface area contributed by atoms with Gasteiger partial charge in [-0.25, -0.2) is 9.50 Å². The van der Waals surface area contributed by atoms with Crippen molar-refractivity contribution in [3.8, 4) is 0 Å². The van der Waals surface area contributed by atoms with Gasteiger partial charge in [0.25, 0.3) is 17.7 Å². The van der Waals surface area contributed by atoms with Crippen LogP contribution in [0.5, 0.6) is 0 Å². The molecule has 1 saturated heterocycles. The second kappa shape index (κ2) is 7.34. The van der Waals surface area contributed by atoms with E-state index in [0.29, 0.717) is 31.0 Å². The lowest BCUT2D eigenvalue weighted by Gasteiger charge is -2.30. The molecule has 0 unspecified atom stereocenters. The highest BCUT2D eigenvalue weighted by Gasteiger charge is 2.28. The third-order valence-electron chi connectivity index (χ3n) is 4.66. The van der Waals surface area contributed by atoms with Gasteiger partial charge in [0, 0.05) is 44.6 Å². The van der Waals surface area contributed by atoms with E-state index in [9.17, 15) is 14.4 Å². The van der Waals surface area contributed by atoms with Crippen molar-refractivity contribution in [1.82, 2.24) is 34.6 Å². The molecule has 1 aliphatic heterocycles. The van der Waals surface area contributed by atoms with Crippen LogP contribution in [0.3, 0.4) is 0 Å². The molecule has 11 nitrogen and oxygen atoms in total. The zero-order valence-corrected chi connectivity index (χ0v) is 16.0. The Morgan fingerprint density at radius 1 is 1.21 bits per heavy atom. The van der Waals surface area contributed by atoms with E-state index < -0.39 is 5.91 Å². The number of likely N-dealkylation sites (tertiary alicyclic amines) is 1. The number of nitrogens with one attached hydrogen (secondary N) is 2. The summed E-state index contributed by atoms with van der Waals surface area (Å²) in [5.74, 6) is -0.981. The van der Waals surface area contributed by atoms with Crippen molar-refractivity contribution in [1.29, 1.82) is 0 Å². The van der Waals surface area contributed by atoms with E-state index in [1.807, 2.05) is 0 Å². The van der Waals surface area contributed by atoms with Crippen LogP contribution in [0.2, 0.25) is 0 Å². The number of hydrogen-bond acceptors (Lipinski definition) is 6. The summed E-state index contributed by atoms with van der Waals surface area (Å²) in [6.45, 7) is 3.65. The lowest BCUT2D eigenvalue weighted by atomic mass is 10.1. The number of anilines is 1. The van der Waals surface area contributed by atoms with Crippen molar-refractivity contribution >= 4 is 29.1 Å². The molecule has 2 N–H and O–H groups in total. The summed E-state index contributed by atoms with van der Waals surface area (Å²) in [4.78, 5) is 43.1. The molecule has 4 rings (SSSR count). The molecule has 1 aliphatic rings. The molecule has 1 fully saturated rings. The van der Waals surface area contributed by atoms with E-state index in [-0.39, 0.29) is 28.9 Å². The normalized spacial score (nSPS) is 13.2. The summed E-state index contributed by atoms with van der Waals surface area (Å²) < 4.78 is 2.83. The Morgan fingerprint density at radius 2 is 2.00 bits per heavy atom. The largest absolute Gasteiger partial charge is 0.350 e. The molecule has 0 saturated carbocycles. The topological polar surface area (TPSA) is 127 Å². The average Bonchev–Trinajstić information content (AvgIpc) is 3.23. The van der Waals surface area contributed by atoms with Gasteiger partial charge < -0.3 is 15.5 Å². The van der Waals surface area contributed by atoms with Gasteiger partial charge >= 0.3 is 0 Å². The van der Waals surface area contributed by atoms with Crippen LogP contribution in [0.4, 0.5) is 5.69 Å². The Kier molecular flexibility index (Phi) is 4.71. The standard InChI is InChI=1S/C18H20N8O3/c1-3-19-17(28)15-22-13-9-11(5-8-26(13)23-15)21-16(27)14-12(10-20-24(14)2)18(29)25-6-4-7-25/h5,8-10H,3-4,6-7H2,1-2H3,(H,19,28)(H,21,27). The monoisotopic (exact) mass is 396 g/mol. The number of pyridine rings is 1. The van der Waals surface area contributed by atoms with Crippen molar-refractivity contribution in [2.24, 2.45) is 7.05 Å². The maximum atomic E-state index is 12.8. The summed E-state index contributed by atoms with van der Waals surface area (Å²) >= 11 is 0. The van der Waals surface area contributed by atoms with Gasteiger partial charge in [-0.05, 0) is 19.4 Å². The quantitative estimate of drug-likeness (QED) is 0.639. The zero-order valence-electron chi connectivity index (χ0n) is 16.0. The first kappa shape index (κ1) is 18.6. The number of carbonyl (C=O) groups excluding carboxylic acids is 3. The maximum absolute atomic E-state index is 12.8. The number of nitrogens with zero attached hydrogens (tertiary/aromatic N) is 6. The molecular formula is C18H20N8O3. The molecule has 0 atom stereocenters. The van der Waals surface area contributed by atoms with E-state index in [0.717, 1.165) is 6.42 Å². The predicted molar refractivity (Wildman–Crippen MR) is 103 cm³/mol. The van der Waals surface area contributed by atoms with E-state index in [4.69, 9.17) is 0 Å². The molecule has 29 heavy (non-hydrogen) atoms. The van der Waals surface area contributed by atoms with Gasteiger partial charge in [0.15, 0.2) is 5.65 Å². The van der Waals surface area contributed by atoms with Crippen molar-refractivity contribution in [2.45, 2.75) is 13.3 Å². The summed E-state index contributed by atoms with van der Waals surface area (Å²) in [6.07, 6.45) is 3.97. The Labute approximate surface area is 165 Å².